The molecule has 0 amide bonds. The van der Waals surface area contributed by atoms with E-state index >= 15 is 0 Å². The first kappa shape index (κ1) is 20.1. The maximum absolute atomic E-state index is 13.5. The van der Waals surface area contributed by atoms with Crippen LogP contribution in [0.3, 0.4) is 0 Å². The predicted octanol–water partition coefficient (Wildman–Crippen LogP) is 5.17. The smallest absolute Gasteiger partial charge is 0.233 e. The molecule has 0 aliphatic carbocycles. The first-order valence-electron chi connectivity index (χ1n) is 8.72. The maximum atomic E-state index is 13.5. The summed E-state index contributed by atoms with van der Waals surface area (Å²) in [6.45, 7) is 1.81. The zero-order valence-corrected chi connectivity index (χ0v) is 16.5. The van der Waals surface area contributed by atoms with Crippen molar-refractivity contribution >= 4 is 53.2 Å². The number of nitrogens with one attached hydrogen (secondary N) is 2. The molecule has 2 N–H and O–H groups in total. The van der Waals surface area contributed by atoms with Crippen molar-refractivity contribution < 1.29 is 4.39 Å². The van der Waals surface area contributed by atoms with Crippen LogP contribution in [0.25, 0.3) is 0 Å². The molecule has 0 bridgehead atoms. The van der Waals surface area contributed by atoms with Gasteiger partial charge in [0.05, 0.1) is 0 Å². The van der Waals surface area contributed by atoms with Gasteiger partial charge in [-0.05, 0) is 49.2 Å². The third-order valence-electron chi connectivity index (χ3n) is 4.17. The molecule has 1 aliphatic rings. The van der Waals surface area contributed by atoms with Gasteiger partial charge < -0.3 is 15.5 Å². The predicted molar refractivity (Wildman–Crippen MR) is 113 cm³/mol. The van der Waals surface area contributed by atoms with E-state index in [9.17, 15) is 4.39 Å². The summed E-state index contributed by atoms with van der Waals surface area (Å²) in [5.41, 5.74) is 1.35. The molecule has 9 heteroatoms. The number of hydrogen-bond acceptors (Lipinski definition) is 6. The highest BCUT2D eigenvalue weighted by atomic mass is 35.5. The van der Waals surface area contributed by atoms with Gasteiger partial charge in [0.1, 0.15) is 5.82 Å². The molecule has 6 nitrogen and oxygen atoms in total. The quantitative estimate of drug-likeness (QED) is 0.593. The molecule has 0 radical (unpaired) electrons. The Kier molecular flexibility index (Phi) is 6.49. The van der Waals surface area contributed by atoms with E-state index in [1.165, 1.54) is 12.1 Å². The number of rotatable bonds is 5. The number of hydrogen-bond donors (Lipinski definition) is 2. The Labute approximate surface area is 173 Å². The zero-order valence-electron chi connectivity index (χ0n) is 14.9. The molecule has 0 atom stereocenters. The van der Waals surface area contributed by atoms with Gasteiger partial charge in [0.25, 0.3) is 0 Å². The number of aromatic nitrogens is 3. The number of halogens is 3. The van der Waals surface area contributed by atoms with Crippen LogP contribution in [-0.4, -0.2) is 28.0 Å². The monoisotopic (exact) mass is 420 g/mol. The van der Waals surface area contributed by atoms with Crippen LogP contribution in [0.5, 0.6) is 0 Å². The van der Waals surface area contributed by atoms with Gasteiger partial charge in [-0.15, -0.1) is 12.4 Å². The Balaban J connectivity index is 0.00000225. The Hall–Kier alpha value is -2.64. The van der Waals surface area contributed by atoms with E-state index in [0.717, 1.165) is 31.6 Å². The topological polar surface area (TPSA) is 66.0 Å². The van der Waals surface area contributed by atoms with Crippen molar-refractivity contribution in [3.8, 4) is 0 Å². The summed E-state index contributed by atoms with van der Waals surface area (Å²) in [4.78, 5) is 15.6. The summed E-state index contributed by atoms with van der Waals surface area (Å²) in [5.74, 6) is 1.01. The molecular formula is C19H19Cl2FN6. The molecule has 1 fully saturated rings. The van der Waals surface area contributed by atoms with Crippen molar-refractivity contribution in [2.24, 2.45) is 0 Å². The highest BCUT2D eigenvalue weighted by Gasteiger charge is 2.17. The number of nitrogens with zero attached hydrogens (tertiary/aromatic N) is 4. The lowest BCUT2D eigenvalue weighted by molar-refractivity contribution is 0.628. The van der Waals surface area contributed by atoms with E-state index in [0.29, 0.717) is 28.6 Å². The molecular weight excluding hydrogens is 402 g/mol. The molecule has 1 aliphatic heterocycles. The average molecular weight is 421 g/mol. The number of anilines is 5. The summed E-state index contributed by atoms with van der Waals surface area (Å²) in [6.07, 6.45) is 2.21. The minimum atomic E-state index is -0.328. The van der Waals surface area contributed by atoms with E-state index < -0.39 is 0 Å². The van der Waals surface area contributed by atoms with Gasteiger partial charge >= 0.3 is 0 Å². The van der Waals surface area contributed by atoms with Gasteiger partial charge in [-0.25, -0.2) is 4.39 Å². The molecule has 0 spiro atoms. The Morgan fingerprint density at radius 1 is 0.857 bits per heavy atom. The van der Waals surface area contributed by atoms with Crippen LogP contribution in [0.2, 0.25) is 5.02 Å². The standard InChI is InChI=1S/C19H18ClFN6.ClH/c20-13-5-3-7-15(11-13)22-17-24-18(23-16-8-4-6-14(21)12-16)26-19(25-17)27-9-1-2-10-27;/h3-8,11-12H,1-2,9-10H2,(H2,22,23,24,25,26);1H. The van der Waals surface area contributed by atoms with E-state index in [1.807, 2.05) is 12.1 Å². The zero-order chi connectivity index (χ0) is 18.6. The van der Waals surface area contributed by atoms with Gasteiger partial charge in [0, 0.05) is 29.5 Å². The average Bonchev–Trinajstić information content (AvgIpc) is 3.16. The van der Waals surface area contributed by atoms with Crippen LogP contribution in [0.15, 0.2) is 48.5 Å². The van der Waals surface area contributed by atoms with Gasteiger partial charge in [0.15, 0.2) is 0 Å². The highest BCUT2D eigenvalue weighted by Crippen LogP contribution is 2.24. The molecule has 0 unspecified atom stereocenters. The Morgan fingerprint density at radius 2 is 1.46 bits per heavy atom. The van der Waals surface area contributed by atoms with E-state index in [2.05, 4.69) is 30.5 Å². The van der Waals surface area contributed by atoms with Crippen molar-refractivity contribution in [1.82, 2.24) is 15.0 Å². The van der Waals surface area contributed by atoms with E-state index in [1.54, 1.807) is 24.3 Å². The van der Waals surface area contributed by atoms with Crippen LogP contribution < -0.4 is 15.5 Å². The van der Waals surface area contributed by atoms with Crippen molar-refractivity contribution in [1.29, 1.82) is 0 Å². The van der Waals surface area contributed by atoms with E-state index in [4.69, 9.17) is 11.6 Å². The van der Waals surface area contributed by atoms with Gasteiger partial charge in [-0.3, -0.25) is 0 Å². The van der Waals surface area contributed by atoms with Gasteiger partial charge in [-0.2, -0.15) is 15.0 Å². The van der Waals surface area contributed by atoms with E-state index in [-0.39, 0.29) is 18.2 Å². The third-order valence-corrected chi connectivity index (χ3v) is 4.41. The maximum Gasteiger partial charge on any atom is 0.233 e. The summed E-state index contributed by atoms with van der Waals surface area (Å²) in [5, 5.41) is 6.83. The summed E-state index contributed by atoms with van der Waals surface area (Å²) in [6, 6.07) is 13.5. The second kappa shape index (κ2) is 9.03. The molecule has 146 valence electrons. The van der Waals surface area contributed by atoms with Crippen LogP contribution in [0.4, 0.5) is 33.6 Å². The first-order valence-corrected chi connectivity index (χ1v) is 9.10. The molecule has 4 rings (SSSR count). The normalized spacial score (nSPS) is 13.1. The molecule has 3 aromatic rings. The van der Waals surface area contributed by atoms with Gasteiger partial charge in [0.2, 0.25) is 17.8 Å². The fraction of sp³-hybridized carbons (Fsp3) is 0.211. The molecule has 1 saturated heterocycles. The molecule has 0 saturated carbocycles. The van der Waals surface area contributed by atoms with Crippen molar-refractivity contribution in [2.75, 3.05) is 28.6 Å². The SMILES string of the molecule is Cl.Fc1cccc(Nc2nc(Nc3cccc(Cl)c3)nc(N3CCCC3)n2)c1. The fourth-order valence-corrected chi connectivity index (χ4v) is 3.12. The summed E-state index contributed by atoms with van der Waals surface area (Å²) < 4.78 is 13.5. The Bertz CT molecular complexity index is 883. The second-order valence-electron chi connectivity index (χ2n) is 6.25. The van der Waals surface area contributed by atoms with Crippen molar-refractivity contribution in [3.63, 3.8) is 0 Å². The summed E-state index contributed by atoms with van der Waals surface area (Å²) >= 11 is 6.05. The molecule has 1 aromatic heterocycles. The second-order valence-corrected chi connectivity index (χ2v) is 6.68. The molecule has 2 aromatic carbocycles. The molecule has 2 heterocycles. The lowest BCUT2D eigenvalue weighted by Crippen LogP contribution is -2.21. The Morgan fingerprint density at radius 3 is 2.07 bits per heavy atom. The van der Waals surface area contributed by atoms with Crippen LogP contribution >= 0.6 is 24.0 Å². The summed E-state index contributed by atoms with van der Waals surface area (Å²) in [7, 11) is 0. The number of benzene rings is 2. The lowest BCUT2D eigenvalue weighted by atomic mass is 10.3. The lowest BCUT2D eigenvalue weighted by Gasteiger charge is -2.17. The first-order chi connectivity index (χ1) is 13.2. The fourth-order valence-electron chi connectivity index (χ4n) is 2.93. The van der Waals surface area contributed by atoms with Gasteiger partial charge in [-0.1, -0.05) is 23.7 Å². The third kappa shape index (κ3) is 4.99. The minimum Gasteiger partial charge on any atom is -0.341 e. The van der Waals surface area contributed by atoms with Crippen molar-refractivity contribution in [3.05, 3.63) is 59.4 Å². The van der Waals surface area contributed by atoms with Crippen LogP contribution in [0, 0.1) is 5.82 Å². The van der Waals surface area contributed by atoms with Crippen molar-refractivity contribution in [2.45, 2.75) is 12.8 Å². The highest BCUT2D eigenvalue weighted by molar-refractivity contribution is 6.30. The molecule has 28 heavy (non-hydrogen) atoms. The minimum absolute atomic E-state index is 0. The van der Waals surface area contributed by atoms with Crippen LogP contribution in [0.1, 0.15) is 12.8 Å². The largest absolute Gasteiger partial charge is 0.341 e. The van der Waals surface area contributed by atoms with Crippen LogP contribution in [-0.2, 0) is 0 Å².